The van der Waals surface area contributed by atoms with E-state index in [-0.39, 0.29) is 0 Å². The first-order valence-corrected chi connectivity index (χ1v) is 4.35. The fourth-order valence-corrected chi connectivity index (χ4v) is 1.35. The molecule has 0 amide bonds. The fourth-order valence-electron chi connectivity index (χ4n) is 1.16. The number of halogens is 1. The first-order valence-electron chi connectivity index (χ1n) is 3.97. The number of pyridine rings is 2. The number of aromatic nitrogens is 2. The van der Waals surface area contributed by atoms with Crippen LogP contribution in [0.15, 0.2) is 18.3 Å². The summed E-state index contributed by atoms with van der Waals surface area (Å²) in [5.41, 5.74) is 6.58. The minimum atomic E-state index is 0.450. The zero-order chi connectivity index (χ0) is 10.1. The zero-order valence-corrected chi connectivity index (χ0v) is 8.25. The Balaban J connectivity index is 2.74. The first kappa shape index (κ1) is 9.02. The highest BCUT2D eigenvalue weighted by Crippen LogP contribution is 2.27. The molecular formula is C9H8ClN3O. The number of ether oxygens (including phenoxy) is 1. The Morgan fingerprint density at radius 1 is 1.43 bits per heavy atom. The smallest absolute Gasteiger partial charge is 0.215 e. The molecule has 2 aromatic heterocycles. The van der Waals surface area contributed by atoms with E-state index < -0.39 is 0 Å². The number of nitrogens with two attached hydrogens (primary N) is 1. The molecule has 0 spiro atoms. The van der Waals surface area contributed by atoms with Crippen LogP contribution in [-0.2, 0) is 0 Å². The summed E-state index contributed by atoms with van der Waals surface area (Å²) < 4.78 is 4.97. The molecule has 14 heavy (non-hydrogen) atoms. The quantitative estimate of drug-likeness (QED) is 0.779. The van der Waals surface area contributed by atoms with E-state index in [1.54, 1.807) is 19.2 Å². The molecule has 2 heterocycles. The number of nitrogen functional groups attached to an aromatic ring is 1. The highest BCUT2D eigenvalue weighted by molar-refractivity contribution is 6.37. The van der Waals surface area contributed by atoms with Gasteiger partial charge in [0.15, 0.2) is 5.65 Å². The third-order valence-electron chi connectivity index (χ3n) is 1.87. The molecule has 0 saturated carbocycles. The molecule has 0 saturated heterocycles. The van der Waals surface area contributed by atoms with Gasteiger partial charge in [0, 0.05) is 11.5 Å². The van der Waals surface area contributed by atoms with Crippen molar-refractivity contribution in [1.29, 1.82) is 0 Å². The Morgan fingerprint density at radius 2 is 2.21 bits per heavy atom. The van der Waals surface area contributed by atoms with Crippen molar-refractivity contribution in [1.82, 2.24) is 9.97 Å². The maximum Gasteiger partial charge on any atom is 0.215 e. The minimum Gasteiger partial charge on any atom is -0.481 e. The summed E-state index contributed by atoms with van der Waals surface area (Å²) in [4.78, 5) is 8.17. The Bertz CT molecular complexity index is 487. The Labute approximate surface area is 85.7 Å². The van der Waals surface area contributed by atoms with Crippen molar-refractivity contribution >= 4 is 28.3 Å². The lowest BCUT2D eigenvalue weighted by Crippen LogP contribution is -1.93. The van der Waals surface area contributed by atoms with E-state index in [0.29, 0.717) is 22.2 Å². The lowest BCUT2D eigenvalue weighted by molar-refractivity contribution is 0.399. The molecule has 4 nitrogen and oxygen atoms in total. The van der Waals surface area contributed by atoms with Gasteiger partial charge in [0.25, 0.3) is 0 Å². The number of hydrogen-bond acceptors (Lipinski definition) is 4. The van der Waals surface area contributed by atoms with Gasteiger partial charge in [0.05, 0.1) is 24.0 Å². The van der Waals surface area contributed by atoms with E-state index in [0.717, 1.165) is 5.39 Å². The molecule has 0 aromatic carbocycles. The molecule has 0 aliphatic rings. The fraction of sp³-hybridized carbons (Fsp3) is 0.111. The van der Waals surface area contributed by atoms with Gasteiger partial charge in [-0.05, 0) is 6.07 Å². The average molecular weight is 210 g/mol. The molecule has 0 aliphatic heterocycles. The van der Waals surface area contributed by atoms with Gasteiger partial charge in [-0.1, -0.05) is 11.6 Å². The molecule has 0 fully saturated rings. The summed E-state index contributed by atoms with van der Waals surface area (Å²) in [7, 11) is 1.55. The van der Waals surface area contributed by atoms with Crippen molar-refractivity contribution in [2.75, 3.05) is 12.8 Å². The van der Waals surface area contributed by atoms with Gasteiger partial charge < -0.3 is 10.5 Å². The summed E-state index contributed by atoms with van der Waals surface area (Å²) in [6.07, 6.45) is 1.48. The highest BCUT2D eigenvalue weighted by atomic mass is 35.5. The van der Waals surface area contributed by atoms with Crippen molar-refractivity contribution in [2.45, 2.75) is 0 Å². The molecule has 2 aromatic rings. The van der Waals surface area contributed by atoms with Gasteiger partial charge in [0.2, 0.25) is 5.88 Å². The van der Waals surface area contributed by atoms with Gasteiger partial charge in [-0.25, -0.2) is 4.98 Å². The summed E-state index contributed by atoms with van der Waals surface area (Å²) in [6.45, 7) is 0. The van der Waals surface area contributed by atoms with Gasteiger partial charge >= 0.3 is 0 Å². The highest BCUT2D eigenvalue weighted by Gasteiger charge is 2.05. The van der Waals surface area contributed by atoms with Crippen LogP contribution in [-0.4, -0.2) is 17.1 Å². The molecule has 2 N–H and O–H groups in total. The van der Waals surface area contributed by atoms with Crippen LogP contribution < -0.4 is 10.5 Å². The van der Waals surface area contributed by atoms with E-state index >= 15 is 0 Å². The first-order chi connectivity index (χ1) is 6.72. The molecule has 0 radical (unpaired) electrons. The van der Waals surface area contributed by atoms with Crippen LogP contribution in [0.5, 0.6) is 5.88 Å². The molecule has 72 valence electrons. The van der Waals surface area contributed by atoms with E-state index in [1.165, 1.54) is 6.20 Å². The van der Waals surface area contributed by atoms with Crippen LogP contribution in [0.1, 0.15) is 0 Å². The Kier molecular flexibility index (Phi) is 2.13. The molecule has 0 bridgehead atoms. The third kappa shape index (κ3) is 1.33. The molecule has 5 heteroatoms. The predicted molar refractivity (Wildman–Crippen MR) is 55.5 cm³/mol. The number of methoxy groups -OCH3 is 1. The summed E-state index contributed by atoms with van der Waals surface area (Å²) >= 11 is 5.98. The predicted octanol–water partition coefficient (Wildman–Crippen LogP) is 1.87. The van der Waals surface area contributed by atoms with Crippen LogP contribution in [0.3, 0.4) is 0 Å². The number of hydrogen-bond donors (Lipinski definition) is 1. The molecule has 0 unspecified atom stereocenters. The number of nitrogens with zero attached hydrogens (tertiary/aromatic N) is 2. The van der Waals surface area contributed by atoms with Crippen molar-refractivity contribution < 1.29 is 4.74 Å². The van der Waals surface area contributed by atoms with Crippen molar-refractivity contribution in [3.05, 3.63) is 23.4 Å². The lowest BCUT2D eigenvalue weighted by Gasteiger charge is -2.03. The summed E-state index contributed by atoms with van der Waals surface area (Å²) in [5.74, 6) is 0.505. The standard InChI is InChI=1S/C9H8ClN3O/c1-14-7-3-2-5-8(10)6(11)4-12-9(5)13-7/h2-4H,11H2,1H3. The Morgan fingerprint density at radius 3 is 2.93 bits per heavy atom. The molecule has 0 atom stereocenters. The van der Waals surface area contributed by atoms with Crippen LogP contribution in [0.2, 0.25) is 5.02 Å². The topological polar surface area (TPSA) is 61.0 Å². The van der Waals surface area contributed by atoms with Crippen LogP contribution in [0, 0.1) is 0 Å². The van der Waals surface area contributed by atoms with Crippen LogP contribution in [0.25, 0.3) is 11.0 Å². The Hall–Kier alpha value is -1.55. The summed E-state index contributed by atoms with van der Waals surface area (Å²) in [5, 5.41) is 1.21. The van der Waals surface area contributed by atoms with E-state index in [1.807, 2.05) is 0 Å². The van der Waals surface area contributed by atoms with E-state index in [9.17, 15) is 0 Å². The number of fused-ring (bicyclic) bond motifs is 1. The number of anilines is 1. The second kappa shape index (κ2) is 3.31. The van der Waals surface area contributed by atoms with Crippen LogP contribution >= 0.6 is 11.6 Å². The monoisotopic (exact) mass is 209 g/mol. The molecular weight excluding hydrogens is 202 g/mol. The van der Waals surface area contributed by atoms with Crippen molar-refractivity contribution in [2.24, 2.45) is 0 Å². The van der Waals surface area contributed by atoms with Gasteiger partial charge in [-0.15, -0.1) is 0 Å². The van der Waals surface area contributed by atoms with Gasteiger partial charge in [-0.3, -0.25) is 0 Å². The zero-order valence-electron chi connectivity index (χ0n) is 7.49. The van der Waals surface area contributed by atoms with Crippen molar-refractivity contribution in [3.8, 4) is 5.88 Å². The molecule has 0 aliphatic carbocycles. The van der Waals surface area contributed by atoms with Gasteiger partial charge in [0.1, 0.15) is 0 Å². The average Bonchev–Trinajstić information content (AvgIpc) is 2.23. The van der Waals surface area contributed by atoms with Gasteiger partial charge in [-0.2, -0.15) is 4.98 Å². The van der Waals surface area contributed by atoms with E-state index in [2.05, 4.69) is 9.97 Å². The normalized spacial score (nSPS) is 10.4. The maximum atomic E-state index is 5.98. The largest absolute Gasteiger partial charge is 0.481 e. The maximum absolute atomic E-state index is 5.98. The van der Waals surface area contributed by atoms with Crippen molar-refractivity contribution in [3.63, 3.8) is 0 Å². The minimum absolute atomic E-state index is 0.450. The lowest BCUT2D eigenvalue weighted by atomic mass is 10.3. The number of rotatable bonds is 1. The molecule has 2 rings (SSSR count). The summed E-state index contributed by atoms with van der Waals surface area (Å²) in [6, 6.07) is 3.50. The van der Waals surface area contributed by atoms with E-state index in [4.69, 9.17) is 22.1 Å². The second-order valence-corrected chi connectivity index (χ2v) is 3.13. The SMILES string of the molecule is COc1ccc2c(Cl)c(N)cnc2n1. The van der Waals surface area contributed by atoms with Crippen LogP contribution in [0.4, 0.5) is 5.69 Å². The second-order valence-electron chi connectivity index (χ2n) is 2.75. The third-order valence-corrected chi connectivity index (χ3v) is 2.30.